The summed E-state index contributed by atoms with van der Waals surface area (Å²) in [7, 11) is 2.07. The van der Waals surface area contributed by atoms with Gasteiger partial charge < -0.3 is 24.3 Å². The number of hydrogen-bond acceptors (Lipinski definition) is 4. The van der Waals surface area contributed by atoms with Gasteiger partial charge in [-0.15, -0.1) is 0 Å². The Kier molecular flexibility index (Phi) is 8.24. The number of nitrogens with zero attached hydrogens (tertiary/aromatic N) is 2. The standard InChI is InChI=1S/C28H36ClN3O3/c1-19(2)15-32(17-21-13-24(29)27-25(14-21)34-11-6-12-35-27)28(33)20(3)16-31(4)18-23-8-5-7-22-9-10-30-26(22)23/h5,7-10,13-14,19-20,30H,6,11-12,15-18H2,1-4H3. The number of carbonyl (C=O) groups is 1. The summed E-state index contributed by atoms with van der Waals surface area (Å²) in [6.45, 7) is 10.1. The predicted octanol–water partition coefficient (Wildman–Crippen LogP) is 5.74. The van der Waals surface area contributed by atoms with Crippen LogP contribution >= 0.6 is 11.6 Å². The number of halogens is 1. The summed E-state index contributed by atoms with van der Waals surface area (Å²) in [5.41, 5.74) is 3.34. The number of amides is 1. The highest BCUT2D eigenvalue weighted by atomic mass is 35.5. The lowest BCUT2D eigenvalue weighted by Crippen LogP contribution is -2.40. The Bertz CT molecular complexity index is 1160. The fourth-order valence-corrected chi connectivity index (χ4v) is 5.05. The number of fused-ring (bicyclic) bond motifs is 2. The van der Waals surface area contributed by atoms with Crippen molar-refractivity contribution in [2.24, 2.45) is 11.8 Å². The average Bonchev–Trinajstić information content (AvgIpc) is 3.16. The molecule has 0 saturated carbocycles. The van der Waals surface area contributed by atoms with Crippen molar-refractivity contribution in [2.45, 2.75) is 40.3 Å². The van der Waals surface area contributed by atoms with Crippen LogP contribution in [0, 0.1) is 11.8 Å². The van der Waals surface area contributed by atoms with Crippen molar-refractivity contribution >= 4 is 28.4 Å². The van der Waals surface area contributed by atoms with Crippen molar-refractivity contribution in [1.29, 1.82) is 0 Å². The number of H-pyrrole nitrogens is 1. The van der Waals surface area contributed by atoms with Gasteiger partial charge >= 0.3 is 0 Å². The molecule has 1 aliphatic heterocycles. The second-order valence-corrected chi connectivity index (χ2v) is 10.4. The maximum absolute atomic E-state index is 13.6. The molecule has 0 spiro atoms. The molecule has 188 valence electrons. The molecule has 1 aromatic heterocycles. The third-order valence-electron chi connectivity index (χ3n) is 6.25. The van der Waals surface area contributed by atoms with Crippen molar-refractivity contribution in [3.8, 4) is 11.5 Å². The molecule has 0 aliphatic carbocycles. The van der Waals surface area contributed by atoms with Crippen LogP contribution in [0.3, 0.4) is 0 Å². The van der Waals surface area contributed by atoms with Gasteiger partial charge in [0, 0.05) is 50.2 Å². The Morgan fingerprint density at radius 3 is 2.69 bits per heavy atom. The quantitative estimate of drug-likeness (QED) is 0.410. The number of hydrogen-bond donors (Lipinski definition) is 1. The van der Waals surface area contributed by atoms with Gasteiger partial charge in [-0.05, 0) is 47.7 Å². The molecule has 1 aliphatic rings. The second kappa shape index (κ2) is 11.4. The zero-order valence-electron chi connectivity index (χ0n) is 21.1. The van der Waals surface area contributed by atoms with Crippen LogP contribution < -0.4 is 9.47 Å². The summed E-state index contributed by atoms with van der Waals surface area (Å²) in [6.07, 6.45) is 2.79. The molecule has 1 unspecified atom stereocenters. The topological polar surface area (TPSA) is 57.8 Å². The molecule has 4 rings (SSSR count). The summed E-state index contributed by atoms with van der Waals surface area (Å²) < 4.78 is 11.6. The fraction of sp³-hybridized carbons (Fsp3) is 0.464. The third-order valence-corrected chi connectivity index (χ3v) is 6.53. The van der Waals surface area contributed by atoms with Crippen LogP contribution in [0.4, 0.5) is 0 Å². The number of para-hydroxylation sites is 1. The second-order valence-electron chi connectivity index (χ2n) is 10.0. The summed E-state index contributed by atoms with van der Waals surface area (Å²) >= 11 is 6.51. The fourth-order valence-electron chi connectivity index (χ4n) is 4.76. The zero-order valence-corrected chi connectivity index (χ0v) is 21.9. The molecule has 0 fully saturated rings. The Labute approximate surface area is 213 Å². The average molecular weight is 498 g/mol. The maximum Gasteiger partial charge on any atom is 0.227 e. The molecule has 7 heteroatoms. The summed E-state index contributed by atoms with van der Waals surface area (Å²) in [6, 6.07) is 12.3. The molecule has 6 nitrogen and oxygen atoms in total. The third kappa shape index (κ3) is 6.30. The van der Waals surface area contributed by atoms with Crippen molar-refractivity contribution in [3.05, 3.63) is 58.7 Å². The van der Waals surface area contributed by atoms with Gasteiger partial charge in [-0.25, -0.2) is 0 Å². The highest BCUT2D eigenvalue weighted by Crippen LogP contribution is 2.38. The van der Waals surface area contributed by atoms with Crippen molar-refractivity contribution in [2.75, 3.05) is 33.4 Å². The predicted molar refractivity (Wildman–Crippen MR) is 141 cm³/mol. The van der Waals surface area contributed by atoms with Gasteiger partial charge in [0.25, 0.3) is 0 Å². The van der Waals surface area contributed by atoms with Crippen LogP contribution in [0.25, 0.3) is 10.9 Å². The first-order chi connectivity index (χ1) is 16.8. The van der Waals surface area contributed by atoms with E-state index in [0.717, 1.165) is 24.0 Å². The van der Waals surface area contributed by atoms with Gasteiger partial charge in [-0.3, -0.25) is 4.79 Å². The van der Waals surface area contributed by atoms with E-state index in [0.29, 0.717) is 55.3 Å². The molecule has 1 atom stereocenters. The number of aromatic amines is 1. The van der Waals surface area contributed by atoms with Gasteiger partial charge in [0.15, 0.2) is 11.5 Å². The first kappa shape index (κ1) is 25.4. The molecule has 3 aromatic rings. The lowest BCUT2D eigenvalue weighted by atomic mass is 10.1. The van der Waals surface area contributed by atoms with E-state index in [1.54, 1.807) is 0 Å². The molecule has 0 bridgehead atoms. The number of aromatic nitrogens is 1. The molecular weight excluding hydrogens is 462 g/mol. The minimum atomic E-state index is -0.141. The monoisotopic (exact) mass is 497 g/mol. The van der Waals surface area contributed by atoms with E-state index in [1.807, 2.05) is 30.2 Å². The summed E-state index contributed by atoms with van der Waals surface area (Å²) in [5, 5.41) is 1.74. The SMILES string of the molecule is CC(C)CN(Cc1cc(Cl)c2c(c1)OCCCO2)C(=O)C(C)CN(C)Cc1cccc2cc[nH]c12. The van der Waals surface area contributed by atoms with Gasteiger partial charge in [-0.1, -0.05) is 50.6 Å². The van der Waals surface area contributed by atoms with Crippen molar-refractivity contribution < 1.29 is 14.3 Å². The highest BCUT2D eigenvalue weighted by Gasteiger charge is 2.24. The first-order valence-corrected chi connectivity index (χ1v) is 12.8. The Hall–Kier alpha value is -2.70. The number of carbonyl (C=O) groups excluding carboxylic acids is 1. The van der Waals surface area contributed by atoms with E-state index < -0.39 is 0 Å². The van der Waals surface area contributed by atoms with Crippen molar-refractivity contribution in [3.63, 3.8) is 0 Å². The van der Waals surface area contributed by atoms with Crippen LogP contribution in [-0.2, 0) is 17.9 Å². The van der Waals surface area contributed by atoms with Crippen LogP contribution in [0.2, 0.25) is 5.02 Å². The molecule has 2 aromatic carbocycles. The number of rotatable bonds is 9. The molecule has 0 radical (unpaired) electrons. The Morgan fingerprint density at radius 2 is 1.89 bits per heavy atom. The van der Waals surface area contributed by atoms with E-state index in [4.69, 9.17) is 21.1 Å². The van der Waals surface area contributed by atoms with E-state index in [2.05, 4.69) is 55.0 Å². The van der Waals surface area contributed by atoms with Gasteiger partial charge in [0.1, 0.15) is 0 Å². The lowest BCUT2D eigenvalue weighted by molar-refractivity contribution is -0.136. The maximum atomic E-state index is 13.6. The summed E-state index contributed by atoms with van der Waals surface area (Å²) in [4.78, 5) is 21.1. The number of ether oxygens (including phenoxy) is 2. The van der Waals surface area contributed by atoms with Gasteiger partial charge in [0.2, 0.25) is 5.91 Å². The minimum absolute atomic E-state index is 0.141. The molecule has 2 heterocycles. The first-order valence-electron chi connectivity index (χ1n) is 12.4. The molecule has 1 N–H and O–H groups in total. The molecular formula is C28H36ClN3O3. The van der Waals surface area contributed by atoms with Crippen LogP contribution in [-0.4, -0.2) is 54.0 Å². The van der Waals surface area contributed by atoms with E-state index in [9.17, 15) is 4.79 Å². The number of benzene rings is 2. The molecule has 1 amide bonds. The largest absolute Gasteiger partial charge is 0.489 e. The molecule has 35 heavy (non-hydrogen) atoms. The zero-order chi connectivity index (χ0) is 24.9. The van der Waals surface area contributed by atoms with Crippen LogP contribution in [0.5, 0.6) is 11.5 Å². The number of nitrogens with one attached hydrogen (secondary N) is 1. The van der Waals surface area contributed by atoms with Gasteiger partial charge in [0.05, 0.1) is 18.2 Å². The lowest BCUT2D eigenvalue weighted by Gasteiger charge is -2.30. The van der Waals surface area contributed by atoms with Crippen molar-refractivity contribution in [1.82, 2.24) is 14.8 Å². The Morgan fingerprint density at radius 1 is 1.09 bits per heavy atom. The van der Waals surface area contributed by atoms with Crippen LogP contribution in [0.15, 0.2) is 42.6 Å². The summed E-state index contributed by atoms with van der Waals surface area (Å²) in [5.74, 6) is 1.62. The van der Waals surface area contributed by atoms with Gasteiger partial charge in [-0.2, -0.15) is 0 Å². The highest BCUT2D eigenvalue weighted by molar-refractivity contribution is 6.32. The Balaban J connectivity index is 1.45. The smallest absolute Gasteiger partial charge is 0.227 e. The molecule has 0 saturated heterocycles. The van der Waals surface area contributed by atoms with Crippen LogP contribution in [0.1, 0.15) is 38.3 Å². The van der Waals surface area contributed by atoms with E-state index >= 15 is 0 Å². The normalized spacial score (nSPS) is 14.4. The van der Waals surface area contributed by atoms with E-state index in [1.165, 1.54) is 10.9 Å². The minimum Gasteiger partial charge on any atom is -0.489 e. The van der Waals surface area contributed by atoms with E-state index in [-0.39, 0.29) is 11.8 Å².